The lowest BCUT2D eigenvalue weighted by Crippen LogP contribution is -2.32. The molecule has 1 heterocycles. The van der Waals surface area contributed by atoms with E-state index in [0.717, 1.165) is 22.3 Å². The van der Waals surface area contributed by atoms with Gasteiger partial charge in [0, 0.05) is 0 Å². The molecule has 0 saturated heterocycles. The number of benzene rings is 2. The number of carboxylic acid groups (broad SMARTS) is 1. The molecule has 0 saturated carbocycles. The van der Waals surface area contributed by atoms with Gasteiger partial charge in [-0.15, -0.1) is 0 Å². The normalized spacial score (nSPS) is 11.3. The molecule has 1 N–H and O–H groups in total. The van der Waals surface area contributed by atoms with Gasteiger partial charge in [-0.2, -0.15) is 8.42 Å². The zero-order valence-electron chi connectivity index (χ0n) is 20.0. The standard InChI is InChI=1S/C26H29NO6S/c1-16(2)14-27(34(30,31)25-10-7-20(6)33-25)23-12-17(3)18(4)13-24(23)32-15-22-9-8-21(26(28)29)11-19(22)5/h7-13H,1,14-15H2,2-6H3,(H,28,29). The molecule has 0 atom stereocenters. The van der Waals surface area contributed by atoms with Crippen LogP contribution in [0.1, 0.15) is 45.3 Å². The fourth-order valence-corrected chi connectivity index (χ4v) is 4.92. The van der Waals surface area contributed by atoms with Crippen molar-refractivity contribution in [2.75, 3.05) is 10.8 Å². The predicted octanol–water partition coefficient (Wildman–Crippen LogP) is 5.56. The van der Waals surface area contributed by atoms with Crippen molar-refractivity contribution in [1.82, 2.24) is 0 Å². The number of carboxylic acids is 1. The quantitative estimate of drug-likeness (QED) is 0.400. The number of carbonyl (C=O) groups is 1. The molecular formula is C26H29NO6S. The summed E-state index contributed by atoms with van der Waals surface area (Å²) >= 11 is 0. The monoisotopic (exact) mass is 483 g/mol. The SMILES string of the molecule is C=C(C)CN(c1cc(C)c(C)cc1OCc1ccc(C(=O)O)cc1C)S(=O)(=O)c1ccc(C)o1. The third-order valence-corrected chi connectivity index (χ3v) is 7.12. The molecule has 0 spiro atoms. The summed E-state index contributed by atoms with van der Waals surface area (Å²) in [6.45, 7) is 13.2. The predicted molar refractivity (Wildman–Crippen MR) is 131 cm³/mol. The highest BCUT2D eigenvalue weighted by Crippen LogP contribution is 2.36. The fraction of sp³-hybridized carbons (Fsp3) is 0.269. The number of furan rings is 1. The van der Waals surface area contributed by atoms with Crippen LogP contribution in [0.2, 0.25) is 0 Å². The van der Waals surface area contributed by atoms with E-state index in [1.165, 1.54) is 16.4 Å². The van der Waals surface area contributed by atoms with Crippen molar-refractivity contribution in [2.24, 2.45) is 0 Å². The first-order valence-electron chi connectivity index (χ1n) is 10.7. The van der Waals surface area contributed by atoms with Crippen molar-refractivity contribution in [3.05, 3.63) is 88.2 Å². The van der Waals surface area contributed by atoms with Crippen LogP contribution in [0.4, 0.5) is 5.69 Å². The smallest absolute Gasteiger partial charge is 0.335 e. The van der Waals surface area contributed by atoms with E-state index in [0.29, 0.717) is 22.8 Å². The lowest BCUT2D eigenvalue weighted by Gasteiger charge is -2.26. The van der Waals surface area contributed by atoms with Crippen molar-refractivity contribution in [3.8, 4) is 5.75 Å². The van der Waals surface area contributed by atoms with E-state index in [1.54, 1.807) is 44.2 Å². The summed E-state index contributed by atoms with van der Waals surface area (Å²) in [6, 6.07) is 11.4. The van der Waals surface area contributed by atoms with Crippen LogP contribution in [0, 0.1) is 27.7 Å². The zero-order chi connectivity index (χ0) is 25.2. The van der Waals surface area contributed by atoms with Gasteiger partial charge in [-0.05, 0) is 93.3 Å². The Hall–Kier alpha value is -3.52. The van der Waals surface area contributed by atoms with Crippen LogP contribution >= 0.6 is 0 Å². The number of nitrogens with zero attached hydrogens (tertiary/aromatic N) is 1. The Morgan fingerprint density at radius 3 is 2.26 bits per heavy atom. The summed E-state index contributed by atoms with van der Waals surface area (Å²) in [5.74, 6) is -0.121. The maximum absolute atomic E-state index is 13.5. The molecule has 0 amide bonds. The van der Waals surface area contributed by atoms with Gasteiger partial charge in [0.1, 0.15) is 18.1 Å². The number of aromatic carboxylic acids is 1. The van der Waals surface area contributed by atoms with E-state index >= 15 is 0 Å². The Balaban J connectivity index is 2.05. The minimum absolute atomic E-state index is 0.0489. The van der Waals surface area contributed by atoms with Crippen LogP contribution in [0.15, 0.2) is 64.1 Å². The third-order valence-electron chi connectivity index (χ3n) is 5.49. The second kappa shape index (κ2) is 9.77. The molecule has 3 rings (SSSR count). The summed E-state index contributed by atoms with van der Waals surface area (Å²) < 4.78 is 39.9. The number of anilines is 1. The molecule has 0 aliphatic carbocycles. The van der Waals surface area contributed by atoms with Crippen LogP contribution in [-0.2, 0) is 16.6 Å². The molecule has 0 radical (unpaired) electrons. The molecule has 7 nitrogen and oxygen atoms in total. The van der Waals surface area contributed by atoms with Crippen LogP contribution in [0.25, 0.3) is 0 Å². The summed E-state index contributed by atoms with van der Waals surface area (Å²) in [4.78, 5) is 11.2. The Morgan fingerprint density at radius 2 is 1.71 bits per heavy atom. The molecule has 8 heteroatoms. The summed E-state index contributed by atoms with van der Waals surface area (Å²) in [5, 5.41) is 9.04. The Labute approximate surface area is 200 Å². The first kappa shape index (κ1) is 25.1. The highest BCUT2D eigenvalue weighted by molar-refractivity contribution is 7.92. The molecule has 0 fully saturated rings. The minimum Gasteiger partial charge on any atom is -0.487 e. The Bertz CT molecular complexity index is 1350. The topological polar surface area (TPSA) is 97.0 Å². The van der Waals surface area contributed by atoms with Crippen LogP contribution in [0.3, 0.4) is 0 Å². The van der Waals surface area contributed by atoms with Gasteiger partial charge in [-0.25, -0.2) is 4.79 Å². The highest BCUT2D eigenvalue weighted by Gasteiger charge is 2.30. The van der Waals surface area contributed by atoms with E-state index in [2.05, 4.69) is 6.58 Å². The lowest BCUT2D eigenvalue weighted by atomic mass is 10.1. The van der Waals surface area contributed by atoms with Gasteiger partial charge >= 0.3 is 5.97 Å². The molecule has 0 bridgehead atoms. The molecule has 0 aliphatic heterocycles. The first-order valence-corrected chi connectivity index (χ1v) is 12.1. The maximum Gasteiger partial charge on any atom is 0.335 e. The van der Waals surface area contributed by atoms with Crippen LogP contribution in [0.5, 0.6) is 5.75 Å². The van der Waals surface area contributed by atoms with E-state index in [1.807, 2.05) is 20.8 Å². The van der Waals surface area contributed by atoms with E-state index < -0.39 is 16.0 Å². The van der Waals surface area contributed by atoms with Crippen LogP contribution in [-0.4, -0.2) is 26.0 Å². The number of ether oxygens (including phenoxy) is 1. The summed E-state index contributed by atoms with van der Waals surface area (Å²) in [6.07, 6.45) is 0. The van der Waals surface area contributed by atoms with Gasteiger partial charge in [0.05, 0.1) is 17.8 Å². The Kier molecular flexibility index (Phi) is 7.21. The molecule has 0 aliphatic rings. The van der Waals surface area contributed by atoms with Gasteiger partial charge in [-0.3, -0.25) is 4.31 Å². The molecule has 1 aromatic heterocycles. The highest BCUT2D eigenvalue weighted by atomic mass is 32.2. The molecule has 3 aromatic rings. The molecular weight excluding hydrogens is 454 g/mol. The van der Waals surface area contributed by atoms with E-state index in [9.17, 15) is 18.3 Å². The summed E-state index contributed by atoms with van der Waals surface area (Å²) in [7, 11) is -4.03. The van der Waals surface area contributed by atoms with Crippen molar-refractivity contribution >= 4 is 21.7 Å². The first-order chi connectivity index (χ1) is 15.9. The van der Waals surface area contributed by atoms with Crippen LogP contribution < -0.4 is 9.04 Å². The van der Waals surface area contributed by atoms with Crippen molar-refractivity contribution in [3.63, 3.8) is 0 Å². The average molecular weight is 484 g/mol. The second-order valence-electron chi connectivity index (χ2n) is 8.47. The van der Waals surface area contributed by atoms with Gasteiger partial charge in [0.2, 0.25) is 5.09 Å². The van der Waals surface area contributed by atoms with Crippen molar-refractivity contribution < 1.29 is 27.5 Å². The van der Waals surface area contributed by atoms with E-state index in [4.69, 9.17) is 9.15 Å². The summed E-state index contributed by atoms with van der Waals surface area (Å²) in [5.41, 5.74) is 4.63. The number of hydrogen-bond donors (Lipinski definition) is 1. The van der Waals surface area contributed by atoms with Gasteiger partial charge in [-0.1, -0.05) is 18.2 Å². The van der Waals surface area contributed by atoms with Crippen molar-refractivity contribution in [2.45, 2.75) is 46.3 Å². The van der Waals surface area contributed by atoms with E-state index in [-0.39, 0.29) is 23.8 Å². The van der Waals surface area contributed by atoms with Gasteiger partial charge in [0.15, 0.2) is 0 Å². The van der Waals surface area contributed by atoms with Crippen molar-refractivity contribution in [1.29, 1.82) is 0 Å². The second-order valence-corrected chi connectivity index (χ2v) is 10.3. The molecule has 2 aromatic carbocycles. The Morgan fingerprint density at radius 1 is 1.03 bits per heavy atom. The lowest BCUT2D eigenvalue weighted by molar-refractivity contribution is 0.0696. The minimum atomic E-state index is -4.03. The molecule has 0 unspecified atom stereocenters. The average Bonchev–Trinajstić information content (AvgIpc) is 3.20. The van der Waals surface area contributed by atoms with Gasteiger partial charge < -0.3 is 14.3 Å². The number of sulfonamides is 1. The van der Waals surface area contributed by atoms with Gasteiger partial charge in [0.25, 0.3) is 10.0 Å². The maximum atomic E-state index is 13.5. The largest absolute Gasteiger partial charge is 0.487 e. The number of aryl methyl sites for hydroxylation is 4. The number of rotatable bonds is 9. The molecule has 180 valence electrons. The fourth-order valence-electron chi connectivity index (χ4n) is 3.44. The molecule has 34 heavy (non-hydrogen) atoms. The zero-order valence-corrected chi connectivity index (χ0v) is 20.8. The number of hydrogen-bond acceptors (Lipinski definition) is 5. The third kappa shape index (κ3) is 5.34.